The second-order valence-corrected chi connectivity index (χ2v) is 3.24. The maximum Gasteiger partial charge on any atom is 0.339 e. The van der Waals surface area contributed by atoms with E-state index < -0.39 is 11.8 Å². The molecule has 0 aliphatic rings. The van der Waals surface area contributed by atoms with Crippen LogP contribution in [-0.2, 0) is 4.74 Å². The van der Waals surface area contributed by atoms with Gasteiger partial charge in [0.05, 0.1) is 12.2 Å². The van der Waals surface area contributed by atoms with Crippen molar-refractivity contribution in [1.82, 2.24) is 4.98 Å². The Labute approximate surface area is 88.4 Å². The lowest BCUT2D eigenvalue weighted by Gasteiger charge is -2.01. The van der Waals surface area contributed by atoms with E-state index in [9.17, 15) is 9.18 Å². The predicted octanol–water partition coefficient (Wildman–Crippen LogP) is 2.00. The fraction of sp³-hybridized carbons (Fsp3) is 0.250. The lowest BCUT2D eigenvalue weighted by Crippen LogP contribution is -2.06. The number of carbonyl (C=O) groups excluding carboxylic acids is 1. The number of hydrogen-bond acceptors (Lipinski definition) is 3. The Kier molecular flexibility index (Phi) is 3.58. The zero-order chi connectivity index (χ0) is 9.84. The van der Waals surface area contributed by atoms with Crippen LogP contribution in [0.4, 0.5) is 4.39 Å². The summed E-state index contributed by atoms with van der Waals surface area (Å²) in [6, 6.07) is 1.12. The highest BCUT2D eigenvalue weighted by Crippen LogP contribution is 2.09. The molecule has 0 amide bonds. The molecule has 1 aromatic rings. The number of hydrogen-bond donors (Lipinski definition) is 0. The number of rotatable bonds is 2. The number of pyridine rings is 1. The molecule has 5 heteroatoms. The molecule has 1 heterocycles. The smallest absolute Gasteiger partial charge is 0.339 e. The minimum Gasteiger partial charge on any atom is -0.462 e. The summed E-state index contributed by atoms with van der Waals surface area (Å²) < 4.78 is 17.8. The number of aromatic nitrogens is 1. The Bertz CT molecular complexity index is 330. The summed E-state index contributed by atoms with van der Waals surface area (Å²) in [5.41, 5.74) is 0.139. The van der Waals surface area contributed by atoms with Crippen molar-refractivity contribution in [3.63, 3.8) is 0 Å². The molecule has 0 unspecified atom stereocenters. The average Bonchev–Trinajstić information content (AvgIpc) is 2.10. The maximum atomic E-state index is 12.9. The minimum atomic E-state index is -0.551. The third-order valence-electron chi connectivity index (χ3n) is 1.31. The summed E-state index contributed by atoms with van der Waals surface area (Å²) in [7, 11) is 0. The molecule has 0 saturated carbocycles. The van der Waals surface area contributed by atoms with E-state index in [1.54, 1.807) is 29.5 Å². The topological polar surface area (TPSA) is 39.2 Å². The zero-order valence-electron chi connectivity index (χ0n) is 6.88. The maximum absolute atomic E-state index is 12.9. The largest absolute Gasteiger partial charge is 0.462 e. The van der Waals surface area contributed by atoms with Gasteiger partial charge in [0.2, 0.25) is 0 Å². The van der Waals surface area contributed by atoms with Gasteiger partial charge in [0.1, 0.15) is 3.70 Å². The van der Waals surface area contributed by atoms with Crippen LogP contribution in [0.2, 0.25) is 0 Å². The van der Waals surface area contributed by atoms with Gasteiger partial charge in [-0.3, -0.25) is 0 Å². The summed E-state index contributed by atoms with van der Waals surface area (Å²) in [5, 5.41) is 0. The van der Waals surface area contributed by atoms with Crippen molar-refractivity contribution < 1.29 is 13.9 Å². The molecule has 0 aliphatic heterocycles. The first-order valence-corrected chi connectivity index (χ1v) is 4.71. The highest BCUT2D eigenvalue weighted by atomic mass is 127. The Morgan fingerprint density at radius 2 is 2.46 bits per heavy atom. The van der Waals surface area contributed by atoms with E-state index in [0.29, 0.717) is 0 Å². The van der Waals surface area contributed by atoms with Gasteiger partial charge in [-0.2, -0.15) is 0 Å². The molecule has 70 valence electrons. The van der Waals surface area contributed by atoms with Crippen LogP contribution in [0.5, 0.6) is 0 Å². The van der Waals surface area contributed by atoms with Crippen molar-refractivity contribution >= 4 is 28.6 Å². The number of carbonyl (C=O) groups is 1. The summed E-state index contributed by atoms with van der Waals surface area (Å²) in [4.78, 5) is 14.8. The molecule has 0 spiro atoms. The highest BCUT2D eigenvalue weighted by molar-refractivity contribution is 14.1. The Morgan fingerprint density at radius 3 is 3.00 bits per heavy atom. The summed E-state index contributed by atoms with van der Waals surface area (Å²) in [5.74, 6) is -1.06. The van der Waals surface area contributed by atoms with E-state index in [4.69, 9.17) is 0 Å². The third kappa shape index (κ3) is 2.61. The molecule has 0 bridgehead atoms. The standard InChI is InChI=1S/C8H7FINO2/c1-2-13-8(12)5-3-6(9)7(10)11-4-5/h3-4H,2H2,1H3. The molecule has 0 atom stereocenters. The first kappa shape index (κ1) is 10.4. The quantitative estimate of drug-likeness (QED) is 0.476. The Morgan fingerprint density at radius 1 is 1.77 bits per heavy atom. The molecule has 3 nitrogen and oxygen atoms in total. The van der Waals surface area contributed by atoms with Crippen LogP contribution in [0.15, 0.2) is 12.3 Å². The summed E-state index contributed by atoms with van der Waals surface area (Å²) >= 11 is 1.75. The van der Waals surface area contributed by atoms with Gasteiger partial charge < -0.3 is 4.74 Å². The molecular formula is C8H7FINO2. The van der Waals surface area contributed by atoms with Crippen LogP contribution in [-0.4, -0.2) is 17.6 Å². The fourth-order valence-corrected chi connectivity index (χ4v) is 1.04. The molecule has 0 aromatic carbocycles. The average molecular weight is 295 g/mol. The Balaban J connectivity index is 2.90. The molecule has 0 radical (unpaired) electrons. The van der Waals surface area contributed by atoms with Crippen LogP contribution in [0, 0.1) is 9.52 Å². The van der Waals surface area contributed by atoms with Crippen molar-refractivity contribution in [2.45, 2.75) is 6.92 Å². The van der Waals surface area contributed by atoms with E-state index >= 15 is 0 Å². The number of esters is 1. The van der Waals surface area contributed by atoms with Crippen LogP contribution in [0.25, 0.3) is 0 Å². The molecule has 0 aliphatic carbocycles. The monoisotopic (exact) mass is 295 g/mol. The summed E-state index contributed by atoms with van der Waals surface area (Å²) in [6.45, 7) is 1.96. The van der Waals surface area contributed by atoms with Crippen molar-refractivity contribution in [3.8, 4) is 0 Å². The number of ether oxygens (including phenoxy) is 1. The van der Waals surface area contributed by atoms with Crippen LogP contribution in [0.1, 0.15) is 17.3 Å². The molecule has 0 saturated heterocycles. The van der Waals surface area contributed by atoms with Gasteiger partial charge in [-0.1, -0.05) is 0 Å². The third-order valence-corrected chi connectivity index (χ3v) is 2.10. The first-order valence-electron chi connectivity index (χ1n) is 3.63. The van der Waals surface area contributed by atoms with Crippen LogP contribution < -0.4 is 0 Å². The summed E-state index contributed by atoms with van der Waals surface area (Å²) in [6.07, 6.45) is 1.29. The second kappa shape index (κ2) is 4.50. The molecule has 13 heavy (non-hydrogen) atoms. The van der Waals surface area contributed by atoms with Gasteiger partial charge >= 0.3 is 5.97 Å². The lowest BCUT2D eigenvalue weighted by molar-refractivity contribution is 0.0525. The van der Waals surface area contributed by atoms with Gasteiger partial charge in [0, 0.05) is 6.20 Å². The van der Waals surface area contributed by atoms with Crippen molar-refractivity contribution in [1.29, 1.82) is 0 Å². The van der Waals surface area contributed by atoms with Crippen LogP contribution in [0.3, 0.4) is 0 Å². The van der Waals surface area contributed by atoms with E-state index in [2.05, 4.69) is 9.72 Å². The van der Waals surface area contributed by atoms with Crippen molar-refractivity contribution in [2.24, 2.45) is 0 Å². The van der Waals surface area contributed by atoms with Gasteiger partial charge in [-0.05, 0) is 35.6 Å². The van der Waals surface area contributed by atoms with E-state index in [0.717, 1.165) is 6.07 Å². The van der Waals surface area contributed by atoms with Gasteiger partial charge in [-0.25, -0.2) is 14.2 Å². The molecular weight excluding hydrogens is 288 g/mol. The van der Waals surface area contributed by atoms with E-state index in [1.165, 1.54) is 6.20 Å². The fourth-order valence-electron chi connectivity index (χ4n) is 0.747. The molecule has 0 fully saturated rings. The molecule has 1 aromatic heterocycles. The normalized spacial score (nSPS) is 9.77. The van der Waals surface area contributed by atoms with Crippen molar-refractivity contribution in [2.75, 3.05) is 6.61 Å². The minimum absolute atomic E-state index is 0.139. The van der Waals surface area contributed by atoms with Crippen LogP contribution >= 0.6 is 22.6 Å². The number of halogens is 2. The molecule has 0 N–H and O–H groups in total. The van der Waals surface area contributed by atoms with E-state index in [-0.39, 0.29) is 15.9 Å². The zero-order valence-corrected chi connectivity index (χ0v) is 9.04. The van der Waals surface area contributed by atoms with Gasteiger partial charge in [0.15, 0.2) is 5.82 Å². The van der Waals surface area contributed by atoms with Gasteiger partial charge in [0.25, 0.3) is 0 Å². The predicted molar refractivity (Wildman–Crippen MR) is 52.9 cm³/mol. The molecule has 1 rings (SSSR count). The van der Waals surface area contributed by atoms with Crippen molar-refractivity contribution in [3.05, 3.63) is 27.3 Å². The lowest BCUT2D eigenvalue weighted by atomic mass is 10.3. The Hall–Kier alpha value is -0.720. The SMILES string of the molecule is CCOC(=O)c1cnc(I)c(F)c1. The van der Waals surface area contributed by atoms with Gasteiger partial charge in [-0.15, -0.1) is 0 Å². The number of nitrogens with zero attached hydrogens (tertiary/aromatic N) is 1. The first-order chi connectivity index (χ1) is 6.15. The highest BCUT2D eigenvalue weighted by Gasteiger charge is 2.09. The second-order valence-electron chi connectivity index (χ2n) is 2.22. The van der Waals surface area contributed by atoms with E-state index in [1.807, 2.05) is 0 Å².